The average molecular weight is 258 g/mol. The van der Waals surface area contributed by atoms with E-state index in [2.05, 4.69) is 15.5 Å². The van der Waals surface area contributed by atoms with Crippen LogP contribution in [0.25, 0.3) is 0 Å². The predicted octanol–water partition coefficient (Wildman–Crippen LogP) is -0.587. The molecule has 0 aromatic carbocycles. The molecule has 1 aliphatic rings. The zero-order valence-electron chi connectivity index (χ0n) is 9.42. The van der Waals surface area contributed by atoms with Gasteiger partial charge >= 0.3 is 0 Å². The van der Waals surface area contributed by atoms with Crippen molar-refractivity contribution >= 4 is 22.4 Å². The lowest BCUT2D eigenvalue weighted by Crippen LogP contribution is -2.46. The number of amides is 1. The smallest absolute Gasteiger partial charge is 0.285 e. The Hall–Kier alpha value is -1.25. The molecule has 0 aliphatic carbocycles. The van der Waals surface area contributed by atoms with Gasteiger partial charge in [0.2, 0.25) is 10.1 Å². The minimum absolute atomic E-state index is 0.0817. The van der Waals surface area contributed by atoms with Gasteiger partial charge in [0, 0.05) is 20.1 Å². The van der Waals surface area contributed by atoms with E-state index < -0.39 is 0 Å². The maximum atomic E-state index is 12.1. The Morgan fingerprint density at radius 1 is 1.71 bits per heavy atom. The molecular formula is C9H14N4O3S. The molecule has 1 aromatic rings. The first-order valence-electron chi connectivity index (χ1n) is 5.27. The lowest BCUT2D eigenvalue weighted by Gasteiger charge is -2.31. The molecule has 94 valence electrons. The van der Waals surface area contributed by atoms with E-state index in [9.17, 15) is 4.79 Å². The van der Waals surface area contributed by atoms with Crippen LogP contribution in [0, 0.1) is 0 Å². The maximum Gasteiger partial charge on any atom is 0.285 e. The van der Waals surface area contributed by atoms with E-state index in [1.54, 1.807) is 11.9 Å². The van der Waals surface area contributed by atoms with Gasteiger partial charge in [0.25, 0.3) is 5.91 Å². The van der Waals surface area contributed by atoms with Crippen LogP contribution in [0.1, 0.15) is 9.80 Å². The zero-order chi connectivity index (χ0) is 12.3. The zero-order valence-corrected chi connectivity index (χ0v) is 10.2. The summed E-state index contributed by atoms with van der Waals surface area (Å²) in [6, 6.07) is 0. The molecule has 0 bridgehead atoms. The minimum Gasteiger partial charge on any atom is -0.394 e. The summed E-state index contributed by atoms with van der Waals surface area (Å²) in [5, 5.41) is 20.4. The van der Waals surface area contributed by atoms with Gasteiger partial charge in [0.05, 0.1) is 19.3 Å². The number of morpholine rings is 1. The molecule has 2 N–H and O–H groups in total. The number of nitrogens with one attached hydrogen (secondary N) is 1. The van der Waals surface area contributed by atoms with Crippen LogP contribution in [-0.4, -0.2) is 65.6 Å². The summed E-state index contributed by atoms with van der Waals surface area (Å²) >= 11 is 1.22. The van der Waals surface area contributed by atoms with Crippen molar-refractivity contribution in [3.8, 4) is 0 Å². The molecule has 2 heterocycles. The van der Waals surface area contributed by atoms with E-state index in [-0.39, 0.29) is 18.6 Å². The number of hydrogen-bond donors (Lipinski definition) is 2. The van der Waals surface area contributed by atoms with Crippen molar-refractivity contribution < 1.29 is 14.6 Å². The molecule has 1 aromatic heterocycles. The highest BCUT2D eigenvalue weighted by Gasteiger charge is 2.26. The average Bonchev–Trinajstić information content (AvgIpc) is 2.86. The van der Waals surface area contributed by atoms with E-state index in [1.807, 2.05) is 0 Å². The van der Waals surface area contributed by atoms with Crippen LogP contribution in [0.4, 0.5) is 5.13 Å². The molecule has 0 radical (unpaired) electrons. The van der Waals surface area contributed by atoms with Crippen LogP contribution in [0.2, 0.25) is 0 Å². The number of carbonyl (C=O) groups excluding carboxylic acids is 1. The van der Waals surface area contributed by atoms with E-state index >= 15 is 0 Å². The number of aliphatic hydroxyl groups excluding tert-OH is 1. The second-order valence-electron chi connectivity index (χ2n) is 3.59. The van der Waals surface area contributed by atoms with Crippen LogP contribution in [0.3, 0.4) is 0 Å². The van der Waals surface area contributed by atoms with Crippen molar-refractivity contribution in [2.75, 3.05) is 38.7 Å². The van der Waals surface area contributed by atoms with Gasteiger partial charge in [-0.1, -0.05) is 11.3 Å². The summed E-state index contributed by atoms with van der Waals surface area (Å²) in [5.74, 6) is -0.161. The molecule has 0 saturated carbocycles. The molecule has 1 saturated heterocycles. The maximum absolute atomic E-state index is 12.1. The summed E-state index contributed by atoms with van der Waals surface area (Å²) in [6.45, 7) is 1.27. The van der Waals surface area contributed by atoms with Gasteiger partial charge in [0.15, 0.2) is 0 Å². The molecule has 7 nitrogen and oxygen atoms in total. The molecule has 1 atom stereocenters. The number of aromatic nitrogens is 2. The molecule has 17 heavy (non-hydrogen) atoms. The number of ether oxygens (including phenoxy) is 1. The van der Waals surface area contributed by atoms with Gasteiger partial charge in [-0.25, -0.2) is 0 Å². The molecule has 2 rings (SSSR count). The molecule has 1 fully saturated rings. The third-order valence-electron chi connectivity index (χ3n) is 2.45. The number of aliphatic hydroxyl groups is 1. The summed E-state index contributed by atoms with van der Waals surface area (Å²) < 4.78 is 5.28. The van der Waals surface area contributed by atoms with Gasteiger partial charge in [-0.3, -0.25) is 4.79 Å². The standard InChI is InChI=1S/C9H14N4O3S/c1-10-9-12-11-7(17-9)8(15)13-2-3-16-6(4-13)5-14/h6,14H,2-5H2,1H3,(H,10,12). The third kappa shape index (κ3) is 2.71. The van der Waals surface area contributed by atoms with Crippen LogP contribution >= 0.6 is 11.3 Å². The molecule has 1 amide bonds. The first-order valence-corrected chi connectivity index (χ1v) is 6.09. The first-order chi connectivity index (χ1) is 8.24. The number of anilines is 1. The predicted molar refractivity (Wildman–Crippen MR) is 62.2 cm³/mol. The lowest BCUT2D eigenvalue weighted by atomic mass is 10.3. The number of nitrogens with zero attached hydrogens (tertiary/aromatic N) is 3. The number of rotatable bonds is 3. The Balaban J connectivity index is 2.03. The van der Waals surface area contributed by atoms with Gasteiger partial charge in [0.1, 0.15) is 0 Å². The van der Waals surface area contributed by atoms with Crippen molar-refractivity contribution in [3.05, 3.63) is 5.01 Å². The summed E-state index contributed by atoms with van der Waals surface area (Å²) in [5.41, 5.74) is 0. The Bertz CT molecular complexity index is 397. The van der Waals surface area contributed by atoms with E-state index in [1.165, 1.54) is 11.3 Å². The van der Waals surface area contributed by atoms with Crippen LogP contribution in [-0.2, 0) is 4.74 Å². The Labute approximate surface area is 102 Å². The second-order valence-corrected chi connectivity index (χ2v) is 4.57. The molecule has 1 aliphatic heterocycles. The van der Waals surface area contributed by atoms with Gasteiger partial charge in [-0.2, -0.15) is 0 Å². The topological polar surface area (TPSA) is 87.6 Å². The normalized spacial score (nSPS) is 20.4. The van der Waals surface area contributed by atoms with Crippen molar-refractivity contribution in [2.24, 2.45) is 0 Å². The summed E-state index contributed by atoms with van der Waals surface area (Å²) in [6.07, 6.45) is -0.301. The molecule has 0 spiro atoms. The van der Waals surface area contributed by atoms with Crippen molar-refractivity contribution in [1.82, 2.24) is 15.1 Å². The van der Waals surface area contributed by atoms with E-state index in [0.717, 1.165) is 0 Å². The van der Waals surface area contributed by atoms with Gasteiger partial charge in [-0.15, -0.1) is 10.2 Å². The van der Waals surface area contributed by atoms with Crippen molar-refractivity contribution in [3.63, 3.8) is 0 Å². The fourth-order valence-corrected chi connectivity index (χ4v) is 2.23. The SMILES string of the molecule is CNc1nnc(C(=O)N2CCOC(CO)C2)s1. The van der Waals surface area contributed by atoms with Gasteiger partial charge in [-0.05, 0) is 0 Å². The summed E-state index contributed by atoms with van der Waals surface area (Å²) in [7, 11) is 1.73. The van der Waals surface area contributed by atoms with E-state index in [0.29, 0.717) is 29.8 Å². The van der Waals surface area contributed by atoms with Crippen LogP contribution < -0.4 is 5.32 Å². The summed E-state index contributed by atoms with van der Waals surface area (Å²) in [4.78, 5) is 13.7. The highest BCUT2D eigenvalue weighted by molar-refractivity contribution is 7.17. The largest absolute Gasteiger partial charge is 0.394 e. The Morgan fingerprint density at radius 3 is 3.18 bits per heavy atom. The fraction of sp³-hybridized carbons (Fsp3) is 0.667. The third-order valence-corrected chi connectivity index (χ3v) is 3.38. The second kappa shape index (κ2) is 5.39. The molecule has 1 unspecified atom stereocenters. The highest BCUT2D eigenvalue weighted by Crippen LogP contribution is 2.17. The Morgan fingerprint density at radius 2 is 2.53 bits per heavy atom. The van der Waals surface area contributed by atoms with Crippen molar-refractivity contribution in [1.29, 1.82) is 0 Å². The number of hydrogen-bond acceptors (Lipinski definition) is 7. The first kappa shape index (κ1) is 12.2. The van der Waals surface area contributed by atoms with Crippen molar-refractivity contribution in [2.45, 2.75) is 6.10 Å². The Kier molecular flexibility index (Phi) is 3.87. The van der Waals surface area contributed by atoms with Crippen LogP contribution in [0.15, 0.2) is 0 Å². The lowest BCUT2D eigenvalue weighted by molar-refractivity contribution is -0.0447. The molecular weight excluding hydrogens is 244 g/mol. The van der Waals surface area contributed by atoms with Gasteiger partial charge < -0.3 is 20.1 Å². The molecule has 8 heteroatoms. The fourth-order valence-electron chi connectivity index (χ4n) is 1.56. The quantitative estimate of drug-likeness (QED) is 0.753. The van der Waals surface area contributed by atoms with E-state index in [4.69, 9.17) is 9.84 Å². The highest BCUT2D eigenvalue weighted by atomic mass is 32.1. The number of carbonyl (C=O) groups is 1. The van der Waals surface area contributed by atoms with Crippen LogP contribution in [0.5, 0.6) is 0 Å². The monoisotopic (exact) mass is 258 g/mol. The minimum atomic E-state index is -0.301.